The summed E-state index contributed by atoms with van der Waals surface area (Å²) in [5.74, 6) is 2.71. The molecule has 1 heterocycles. The molecule has 0 N–H and O–H groups in total. The summed E-state index contributed by atoms with van der Waals surface area (Å²) in [5.41, 5.74) is 1.45. The third-order valence-electron chi connectivity index (χ3n) is 4.01. The molecule has 5 nitrogen and oxygen atoms in total. The minimum Gasteiger partial charge on any atom is -0.493 e. The van der Waals surface area contributed by atoms with Gasteiger partial charge in [-0.1, -0.05) is 51.7 Å². The Bertz CT molecular complexity index is 1050. The van der Waals surface area contributed by atoms with Crippen LogP contribution < -0.4 is 9.47 Å². The lowest BCUT2D eigenvalue weighted by Crippen LogP contribution is -2.27. The molecule has 0 atom stereocenters. The molecule has 0 bridgehead atoms. The highest BCUT2D eigenvalue weighted by atomic mass is 79.9. The van der Waals surface area contributed by atoms with Crippen LogP contribution in [-0.4, -0.2) is 29.8 Å². The molecule has 8 heteroatoms. The van der Waals surface area contributed by atoms with Gasteiger partial charge in [-0.2, -0.15) is 0 Å². The monoisotopic (exact) mass is 491 g/mol. The van der Waals surface area contributed by atoms with Crippen molar-refractivity contribution in [2.45, 2.75) is 6.54 Å². The molecule has 0 radical (unpaired) electrons. The minimum atomic E-state index is -0.362. The summed E-state index contributed by atoms with van der Waals surface area (Å²) >= 11 is 10.6. The van der Waals surface area contributed by atoms with Crippen molar-refractivity contribution in [3.63, 3.8) is 0 Å². The first-order valence-corrected chi connectivity index (χ1v) is 10.4. The zero-order valence-electron chi connectivity index (χ0n) is 15.3. The summed E-state index contributed by atoms with van der Waals surface area (Å²) in [6.45, 7) is 0.232. The standard InChI is InChI=1S/C21H15BrClNO4S/c1-3-8-28-19-16(23)9-13(10-17(19)27-2)11-18-20(25)24(21(26)29-18)12-14-6-4-5-7-15(14)22/h1,4-7,9-11H,8,12H2,2H3/b18-11-. The molecule has 29 heavy (non-hydrogen) atoms. The fourth-order valence-electron chi connectivity index (χ4n) is 2.66. The Kier molecular flexibility index (Phi) is 6.91. The third kappa shape index (κ3) is 4.78. The number of nitrogens with zero attached hydrogens (tertiary/aromatic N) is 1. The predicted molar refractivity (Wildman–Crippen MR) is 118 cm³/mol. The van der Waals surface area contributed by atoms with Crippen molar-refractivity contribution in [2.75, 3.05) is 13.7 Å². The summed E-state index contributed by atoms with van der Waals surface area (Å²) in [7, 11) is 1.48. The van der Waals surface area contributed by atoms with Gasteiger partial charge < -0.3 is 9.47 Å². The van der Waals surface area contributed by atoms with Crippen molar-refractivity contribution in [2.24, 2.45) is 0 Å². The maximum Gasteiger partial charge on any atom is 0.293 e. The number of ether oxygens (including phenoxy) is 2. The molecule has 1 saturated heterocycles. The van der Waals surface area contributed by atoms with E-state index in [1.807, 2.05) is 24.3 Å². The van der Waals surface area contributed by atoms with Gasteiger partial charge in [0.1, 0.15) is 6.61 Å². The Morgan fingerprint density at radius 2 is 2.07 bits per heavy atom. The molecule has 0 saturated carbocycles. The summed E-state index contributed by atoms with van der Waals surface area (Å²) in [4.78, 5) is 26.7. The molecule has 148 valence electrons. The van der Waals surface area contributed by atoms with E-state index in [1.165, 1.54) is 12.0 Å². The van der Waals surface area contributed by atoms with Crippen LogP contribution in [0.25, 0.3) is 6.08 Å². The van der Waals surface area contributed by atoms with Crippen LogP contribution in [-0.2, 0) is 11.3 Å². The predicted octanol–water partition coefficient (Wildman–Crippen LogP) is 5.36. The molecule has 2 aromatic carbocycles. The smallest absolute Gasteiger partial charge is 0.293 e. The van der Waals surface area contributed by atoms with E-state index in [0.717, 1.165) is 21.8 Å². The Morgan fingerprint density at radius 3 is 2.76 bits per heavy atom. The molecule has 0 spiro atoms. The van der Waals surface area contributed by atoms with Crippen LogP contribution in [0, 0.1) is 12.3 Å². The number of imide groups is 1. The number of benzene rings is 2. The van der Waals surface area contributed by atoms with Crippen molar-refractivity contribution in [1.82, 2.24) is 4.90 Å². The molecule has 1 fully saturated rings. The van der Waals surface area contributed by atoms with E-state index in [2.05, 4.69) is 21.9 Å². The molecule has 1 aliphatic heterocycles. The summed E-state index contributed by atoms with van der Waals surface area (Å²) < 4.78 is 11.6. The Hall–Kier alpha value is -2.40. The SMILES string of the molecule is C#CCOc1c(Cl)cc(/C=C2\SC(=O)N(Cc3ccccc3Br)C2=O)cc1OC. The van der Waals surface area contributed by atoms with E-state index in [1.54, 1.807) is 18.2 Å². The Labute approximate surface area is 186 Å². The fourth-order valence-corrected chi connectivity index (χ4v) is 4.18. The number of carbonyl (C=O) groups is 2. The number of carbonyl (C=O) groups excluding carboxylic acids is 2. The maximum atomic E-state index is 12.8. The van der Waals surface area contributed by atoms with Crippen molar-refractivity contribution in [3.05, 3.63) is 61.9 Å². The fraction of sp³-hybridized carbons (Fsp3) is 0.143. The van der Waals surface area contributed by atoms with Crippen LogP contribution >= 0.6 is 39.3 Å². The van der Waals surface area contributed by atoms with Crippen LogP contribution in [0.2, 0.25) is 5.02 Å². The number of hydrogen-bond donors (Lipinski definition) is 0. The number of halogens is 2. The number of hydrogen-bond acceptors (Lipinski definition) is 5. The molecule has 0 aromatic heterocycles. The second-order valence-corrected chi connectivity index (χ2v) is 8.14. The topological polar surface area (TPSA) is 55.8 Å². The number of amides is 2. The number of rotatable bonds is 6. The van der Waals surface area contributed by atoms with Gasteiger partial charge in [0, 0.05) is 4.47 Å². The summed E-state index contributed by atoms with van der Waals surface area (Å²) in [6.07, 6.45) is 6.82. The second kappa shape index (κ2) is 9.40. The quantitative estimate of drug-likeness (QED) is 0.401. The molecular formula is C21H15BrClNO4S. The van der Waals surface area contributed by atoms with E-state index in [4.69, 9.17) is 27.5 Å². The number of thioether (sulfide) groups is 1. The van der Waals surface area contributed by atoms with E-state index in [-0.39, 0.29) is 24.3 Å². The summed E-state index contributed by atoms with van der Waals surface area (Å²) in [5, 5.41) is -0.0395. The third-order valence-corrected chi connectivity index (χ3v) is 5.97. The van der Waals surface area contributed by atoms with Gasteiger partial charge in [0.2, 0.25) is 0 Å². The number of methoxy groups -OCH3 is 1. The van der Waals surface area contributed by atoms with Crippen LogP contribution in [0.15, 0.2) is 45.8 Å². The molecule has 1 aliphatic rings. The molecular weight excluding hydrogens is 478 g/mol. The average Bonchev–Trinajstić information content (AvgIpc) is 2.95. The normalized spacial score (nSPS) is 15.0. The van der Waals surface area contributed by atoms with Gasteiger partial charge in [0.05, 0.1) is 23.6 Å². The van der Waals surface area contributed by atoms with Crippen molar-refractivity contribution < 1.29 is 19.1 Å². The van der Waals surface area contributed by atoms with E-state index in [0.29, 0.717) is 27.0 Å². The van der Waals surface area contributed by atoms with E-state index in [9.17, 15) is 9.59 Å². The Morgan fingerprint density at radius 1 is 1.31 bits per heavy atom. The maximum absolute atomic E-state index is 12.8. The highest BCUT2D eigenvalue weighted by molar-refractivity contribution is 9.10. The van der Waals surface area contributed by atoms with Crippen molar-refractivity contribution >= 4 is 56.5 Å². The first kappa shape index (κ1) is 21.3. The van der Waals surface area contributed by atoms with Crippen LogP contribution in [0.1, 0.15) is 11.1 Å². The van der Waals surface area contributed by atoms with Gasteiger partial charge in [-0.05, 0) is 47.2 Å². The first-order valence-electron chi connectivity index (χ1n) is 8.37. The zero-order chi connectivity index (χ0) is 21.0. The second-order valence-electron chi connectivity index (χ2n) is 5.89. The molecule has 0 aliphatic carbocycles. The van der Waals surface area contributed by atoms with Gasteiger partial charge in [-0.15, -0.1) is 6.42 Å². The van der Waals surface area contributed by atoms with Gasteiger partial charge in [-0.3, -0.25) is 14.5 Å². The van der Waals surface area contributed by atoms with Crippen molar-refractivity contribution in [3.8, 4) is 23.8 Å². The van der Waals surface area contributed by atoms with Crippen molar-refractivity contribution in [1.29, 1.82) is 0 Å². The minimum absolute atomic E-state index is 0.0450. The highest BCUT2D eigenvalue weighted by Crippen LogP contribution is 2.39. The lowest BCUT2D eigenvalue weighted by atomic mass is 10.1. The van der Waals surface area contributed by atoms with Crippen LogP contribution in [0.5, 0.6) is 11.5 Å². The van der Waals surface area contributed by atoms with Gasteiger partial charge in [-0.25, -0.2) is 0 Å². The Balaban J connectivity index is 1.87. The molecule has 3 rings (SSSR count). The van der Waals surface area contributed by atoms with Gasteiger partial charge in [0.15, 0.2) is 11.5 Å². The molecule has 2 aromatic rings. The number of terminal acetylenes is 1. The van der Waals surface area contributed by atoms with Crippen LogP contribution in [0.3, 0.4) is 0 Å². The summed E-state index contributed by atoms with van der Waals surface area (Å²) in [6, 6.07) is 10.7. The van der Waals surface area contributed by atoms with Crippen LogP contribution in [0.4, 0.5) is 4.79 Å². The lowest BCUT2D eigenvalue weighted by Gasteiger charge is -2.13. The average molecular weight is 493 g/mol. The first-order chi connectivity index (χ1) is 13.9. The lowest BCUT2D eigenvalue weighted by molar-refractivity contribution is -0.123. The highest BCUT2D eigenvalue weighted by Gasteiger charge is 2.35. The largest absolute Gasteiger partial charge is 0.493 e. The molecule has 0 unspecified atom stereocenters. The van der Waals surface area contributed by atoms with E-state index >= 15 is 0 Å². The van der Waals surface area contributed by atoms with Gasteiger partial charge >= 0.3 is 0 Å². The zero-order valence-corrected chi connectivity index (χ0v) is 18.4. The van der Waals surface area contributed by atoms with E-state index < -0.39 is 0 Å². The molecule has 2 amide bonds. The van der Waals surface area contributed by atoms with Gasteiger partial charge in [0.25, 0.3) is 11.1 Å².